The van der Waals surface area contributed by atoms with Crippen LogP contribution in [0.3, 0.4) is 0 Å². The zero-order valence-electron chi connectivity index (χ0n) is 10.8. The van der Waals surface area contributed by atoms with Crippen LogP contribution in [0.2, 0.25) is 0 Å². The number of amides is 1. The standard InChI is InChI=1S/C9H13NO.C4H9NO/c1-7(10)8-3-5-9(11-2)6-4-8;1-2-3-4(5)6/h3-7H,10H2,1-2H3;2-3H2,1H3,(H2,5,6)/t7-;/m0./s1. The number of primary amides is 1. The van der Waals surface area contributed by atoms with Crippen LogP contribution in [0.15, 0.2) is 24.3 Å². The van der Waals surface area contributed by atoms with Crippen molar-refractivity contribution in [3.05, 3.63) is 29.8 Å². The van der Waals surface area contributed by atoms with Gasteiger partial charge in [-0.25, -0.2) is 0 Å². The molecule has 1 aromatic carbocycles. The van der Waals surface area contributed by atoms with Gasteiger partial charge in [-0.2, -0.15) is 0 Å². The first-order valence-corrected chi connectivity index (χ1v) is 5.69. The maximum Gasteiger partial charge on any atom is 0.217 e. The monoisotopic (exact) mass is 238 g/mol. The Balaban J connectivity index is 0.000000366. The Morgan fingerprint density at radius 3 is 2.12 bits per heavy atom. The first kappa shape index (κ1) is 15.4. The number of benzene rings is 1. The molecule has 1 aromatic rings. The number of hydrogen-bond donors (Lipinski definition) is 2. The highest BCUT2D eigenvalue weighted by Crippen LogP contribution is 2.14. The number of carbonyl (C=O) groups excluding carboxylic acids is 1. The van der Waals surface area contributed by atoms with Crippen LogP contribution in [0.4, 0.5) is 0 Å². The van der Waals surface area contributed by atoms with Gasteiger partial charge in [0.25, 0.3) is 0 Å². The van der Waals surface area contributed by atoms with Crippen molar-refractivity contribution in [3.63, 3.8) is 0 Å². The van der Waals surface area contributed by atoms with Gasteiger partial charge in [-0.15, -0.1) is 0 Å². The van der Waals surface area contributed by atoms with Crippen molar-refractivity contribution in [2.75, 3.05) is 7.11 Å². The molecule has 0 unspecified atom stereocenters. The highest BCUT2D eigenvalue weighted by atomic mass is 16.5. The van der Waals surface area contributed by atoms with Crippen molar-refractivity contribution in [2.24, 2.45) is 11.5 Å². The molecule has 0 aromatic heterocycles. The largest absolute Gasteiger partial charge is 0.497 e. The molecule has 0 heterocycles. The second-order valence-corrected chi connectivity index (χ2v) is 3.78. The fourth-order valence-corrected chi connectivity index (χ4v) is 1.15. The molecule has 0 saturated carbocycles. The second-order valence-electron chi connectivity index (χ2n) is 3.78. The molecule has 0 bridgehead atoms. The van der Waals surface area contributed by atoms with E-state index >= 15 is 0 Å². The minimum absolute atomic E-state index is 0.0981. The lowest BCUT2D eigenvalue weighted by atomic mass is 10.1. The van der Waals surface area contributed by atoms with Crippen molar-refractivity contribution < 1.29 is 9.53 Å². The van der Waals surface area contributed by atoms with Gasteiger partial charge in [0.05, 0.1) is 7.11 Å². The molecular formula is C13H22N2O2. The number of nitrogens with two attached hydrogens (primary N) is 2. The summed E-state index contributed by atoms with van der Waals surface area (Å²) >= 11 is 0. The van der Waals surface area contributed by atoms with Crippen LogP contribution in [0.5, 0.6) is 5.75 Å². The summed E-state index contributed by atoms with van der Waals surface area (Å²) in [6.45, 7) is 3.88. The molecule has 0 aliphatic heterocycles. The van der Waals surface area contributed by atoms with Crippen LogP contribution in [0.25, 0.3) is 0 Å². The Morgan fingerprint density at radius 1 is 1.35 bits per heavy atom. The summed E-state index contributed by atoms with van der Waals surface area (Å²) in [5.41, 5.74) is 11.6. The van der Waals surface area contributed by atoms with Crippen molar-refractivity contribution >= 4 is 5.91 Å². The van der Waals surface area contributed by atoms with E-state index in [1.165, 1.54) is 0 Å². The van der Waals surface area contributed by atoms with Gasteiger partial charge in [0.15, 0.2) is 0 Å². The third-order valence-electron chi connectivity index (χ3n) is 2.14. The van der Waals surface area contributed by atoms with E-state index in [2.05, 4.69) is 0 Å². The smallest absolute Gasteiger partial charge is 0.217 e. The van der Waals surface area contributed by atoms with E-state index in [-0.39, 0.29) is 11.9 Å². The summed E-state index contributed by atoms with van der Waals surface area (Å²) in [6.07, 6.45) is 1.37. The lowest BCUT2D eigenvalue weighted by molar-refractivity contribution is -0.118. The molecule has 4 N–H and O–H groups in total. The fourth-order valence-electron chi connectivity index (χ4n) is 1.15. The minimum Gasteiger partial charge on any atom is -0.497 e. The van der Waals surface area contributed by atoms with Gasteiger partial charge in [0, 0.05) is 12.5 Å². The zero-order chi connectivity index (χ0) is 13.3. The summed E-state index contributed by atoms with van der Waals surface area (Å²) < 4.78 is 5.01. The van der Waals surface area contributed by atoms with E-state index in [1.807, 2.05) is 38.1 Å². The minimum atomic E-state index is -0.211. The predicted octanol–water partition coefficient (Wildman–Crippen LogP) is 1.99. The van der Waals surface area contributed by atoms with Crippen molar-refractivity contribution in [1.29, 1.82) is 0 Å². The molecule has 4 nitrogen and oxygen atoms in total. The molecular weight excluding hydrogens is 216 g/mol. The van der Waals surface area contributed by atoms with E-state index in [9.17, 15) is 4.79 Å². The van der Waals surface area contributed by atoms with Crippen LogP contribution in [0, 0.1) is 0 Å². The maximum absolute atomic E-state index is 9.82. The third kappa shape index (κ3) is 7.36. The summed E-state index contributed by atoms with van der Waals surface area (Å²) in [6, 6.07) is 7.88. The quantitative estimate of drug-likeness (QED) is 0.842. The lowest BCUT2D eigenvalue weighted by Crippen LogP contribution is -2.08. The van der Waals surface area contributed by atoms with Gasteiger partial charge in [-0.1, -0.05) is 19.1 Å². The Bertz CT molecular complexity index is 321. The molecule has 1 amide bonds. The summed E-state index contributed by atoms with van der Waals surface area (Å²) in [4.78, 5) is 9.82. The number of ether oxygens (including phenoxy) is 1. The van der Waals surface area contributed by atoms with Crippen molar-refractivity contribution in [3.8, 4) is 5.75 Å². The Labute approximate surface area is 103 Å². The number of methoxy groups -OCH3 is 1. The van der Waals surface area contributed by atoms with Gasteiger partial charge >= 0.3 is 0 Å². The van der Waals surface area contributed by atoms with E-state index in [0.717, 1.165) is 17.7 Å². The molecule has 4 heteroatoms. The summed E-state index contributed by atoms with van der Waals surface area (Å²) in [5, 5.41) is 0. The van der Waals surface area contributed by atoms with Crippen LogP contribution in [-0.2, 0) is 4.79 Å². The van der Waals surface area contributed by atoms with Crippen molar-refractivity contribution in [2.45, 2.75) is 32.7 Å². The Morgan fingerprint density at radius 2 is 1.88 bits per heavy atom. The molecule has 0 radical (unpaired) electrons. The topological polar surface area (TPSA) is 78.3 Å². The van der Waals surface area contributed by atoms with Crippen LogP contribution < -0.4 is 16.2 Å². The Hall–Kier alpha value is -1.55. The fraction of sp³-hybridized carbons (Fsp3) is 0.462. The van der Waals surface area contributed by atoms with Gasteiger partial charge in [-0.3, -0.25) is 4.79 Å². The van der Waals surface area contributed by atoms with Crippen LogP contribution >= 0.6 is 0 Å². The Kier molecular flexibility index (Phi) is 7.80. The number of carbonyl (C=O) groups is 1. The zero-order valence-corrected chi connectivity index (χ0v) is 10.8. The molecule has 96 valence electrons. The van der Waals surface area contributed by atoms with Crippen LogP contribution in [-0.4, -0.2) is 13.0 Å². The van der Waals surface area contributed by atoms with Crippen LogP contribution in [0.1, 0.15) is 38.3 Å². The summed E-state index contributed by atoms with van der Waals surface area (Å²) in [7, 11) is 1.65. The van der Waals surface area contributed by atoms with Gasteiger partial charge in [-0.05, 0) is 31.0 Å². The van der Waals surface area contributed by atoms with Gasteiger partial charge < -0.3 is 16.2 Å². The second kappa shape index (κ2) is 8.58. The van der Waals surface area contributed by atoms with E-state index in [4.69, 9.17) is 16.2 Å². The molecule has 1 rings (SSSR count). The van der Waals surface area contributed by atoms with Gasteiger partial charge in [0.1, 0.15) is 5.75 Å². The number of hydrogen-bond acceptors (Lipinski definition) is 3. The highest BCUT2D eigenvalue weighted by Gasteiger charge is 1.97. The first-order chi connectivity index (χ1) is 8.01. The molecule has 17 heavy (non-hydrogen) atoms. The van der Waals surface area contributed by atoms with E-state index < -0.39 is 0 Å². The first-order valence-electron chi connectivity index (χ1n) is 5.69. The number of rotatable bonds is 4. The molecule has 0 saturated heterocycles. The van der Waals surface area contributed by atoms with Gasteiger partial charge in [0.2, 0.25) is 5.91 Å². The van der Waals surface area contributed by atoms with E-state index in [1.54, 1.807) is 7.11 Å². The molecule has 0 aliphatic carbocycles. The lowest BCUT2D eigenvalue weighted by Gasteiger charge is -2.05. The molecule has 0 fully saturated rings. The van der Waals surface area contributed by atoms with E-state index in [0.29, 0.717) is 6.42 Å². The molecule has 0 aliphatic rings. The molecule has 0 spiro atoms. The molecule has 1 atom stereocenters. The average molecular weight is 238 g/mol. The normalized spacial score (nSPS) is 11.1. The third-order valence-corrected chi connectivity index (χ3v) is 2.14. The predicted molar refractivity (Wildman–Crippen MR) is 69.7 cm³/mol. The van der Waals surface area contributed by atoms with Crippen molar-refractivity contribution in [1.82, 2.24) is 0 Å². The maximum atomic E-state index is 9.82. The highest BCUT2D eigenvalue weighted by molar-refractivity contribution is 5.73. The average Bonchev–Trinajstić information content (AvgIpc) is 2.29. The SMILES string of the molecule is CCCC(N)=O.COc1ccc([C@H](C)N)cc1. The summed E-state index contributed by atoms with van der Waals surface area (Å²) in [5.74, 6) is 0.659.